The van der Waals surface area contributed by atoms with E-state index < -0.39 is 0 Å². The molecule has 1 aliphatic carbocycles. The molecule has 5 nitrogen and oxygen atoms in total. The minimum absolute atomic E-state index is 0.192. The lowest BCUT2D eigenvalue weighted by molar-refractivity contribution is -0.127. The summed E-state index contributed by atoms with van der Waals surface area (Å²) in [7, 11) is 0. The van der Waals surface area contributed by atoms with Gasteiger partial charge in [0.25, 0.3) is 0 Å². The second-order valence-electron chi connectivity index (χ2n) is 9.39. The molecule has 0 radical (unpaired) electrons. The zero-order valence-electron chi connectivity index (χ0n) is 19.2. The second-order valence-corrected chi connectivity index (χ2v) is 9.79. The zero-order valence-corrected chi connectivity index (χ0v) is 20.0. The van der Waals surface area contributed by atoms with Crippen molar-refractivity contribution in [2.24, 2.45) is 5.41 Å². The molecule has 0 unspecified atom stereocenters. The third-order valence-electron chi connectivity index (χ3n) is 6.42. The van der Waals surface area contributed by atoms with Gasteiger partial charge in [-0.2, -0.15) is 0 Å². The fourth-order valence-corrected chi connectivity index (χ4v) is 4.35. The van der Waals surface area contributed by atoms with Crippen molar-refractivity contribution in [2.45, 2.75) is 91.5 Å². The smallest absolute Gasteiger partial charge is 0.138 e. The highest BCUT2D eigenvalue weighted by Crippen LogP contribution is 2.37. The van der Waals surface area contributed by atoms with Gasteiger partial charge in [-0.3, -0.25) is 9.59 Å². The fraction of sp³-hybridized carbons (Fsp3) is 0.600. The summed E-state index contributed by atoms with van der Waals surface area (Å²) in [6.07, 6.45) is 6.92. The van der Waals surface area contributed by atoms with Crippen LogP contribution in [-0.4, -0.2) is 26.3 Å². The van der Waals surface area contributed by atoms with Crippen LogP contribution in [0.5, 0.6) is 0 Å². The van der Waals surface area contributed by atoms with Crippen LogP contribution in [0.3, 0.4) is 0 Å². The van der Waals surface area contributed by atoms with Crippen LogP contribution in [0.25, 0.3) is 0 Å². The molecule has 1 aromatic carbocycles. The van der Waals surface area contributed by atoms with E-state index in [9.17, 15) is 9.59 Å². The highest BCUT2D eigenvalue weighted by molar-refractivity contribution is 6.31. The third kappa shape index (κ3) is 6.03. The van der Waals surface area contributed by atoms with Gasteiger partial charge in [0, 0.05) is 48.6 Å². The van der Waals surface area contributed by atoms with E-state index in [1.54, 1.807) is 0 Å². The fourth-order valence-electron chi connectivity index (χ4n) is 4.16. The first-order chi connectivity index (χ1) is 14.7. The van der Waals surface area contributed by atoms with Gasteiger partial charge >= 0.3 is 0 Å². The largest absolute Gasteiger partial charge is 0.312 e. The normalized spacial score (nSPS) is 14.1. The third-order valence-corrected chi connectivity index (χ3v) is 6.83. The lowest BCUT2D eigenvalue weighted by Gasteiger charge is -2.22. The zero-order chi connectivity index (χ0) is 22.6. The van der Waals surface area contributed by atoms with Gasteiger partial charge in [0.1, 0.15) is 23.2 Å². The Balaban J connectivity index is 1.58. The van der Waals surface area contributed by atoms with Gasteiger partial charge in [-0.1, -0.05) is 44.5 Å². The highest BCUT2D eigenvalue weighted by Gasteiger charge is 2.30. The molecule has 1 saturated carbocycles. The predicted molar refractivity (Wildman–Crippen MR) is 124 cm³/mol. The molecule has 1 aliphatic rings. The van der Waals surface area contributed by atoms with Crippen LogP contribution in [0.1, 0.15) is 88.1 Å². The van der Waals surface area contributed by atoms with Crippen molar-refractivity contribution >= 4 is 23.2 Å². The molecule has 2 aromatic rings. The standard InChI is InChI=1S/C25H34ClN3O2/c1-5-22(31)25(3,4)15-7-10-23-27-28-24(29(23)19-11-12-19)14-13-20(30)16-18-8-6-9-21(26)17(18)2/h6,8-9,19H,5,7,10-16H2,1-4H3. The summed E-state index contributed by atoms with van der Waals surface area (Å²) in [5.41, 5.74) is 1.68. The number of aromatic nitrogens is 3. The van der Waals surface area contributed by atoms with Crippen molar-refractivity contribution < 1.29 is 9.59 Å². The molecule has 1 fully saturated rings. The van der Waals surface area contributed by atoms with Gasteiger partial charge in [-0.05, 0) is 49.8 Å². The van der Waals surface area contributed by atoms with Gasteiger partial charge in [0.15, 0.2) is 0 Å². The number of nitrogens with zero attached hydrogens (tertiary/aromatic N) is 3. The van der Waals surface area contributed by atoms with Crippen LogP contribution < -0.4 is 0 Å². The Bertz CT molecular complexity index is 944. The Kier molecular flexibility index (Phi) is 7.68. The lowest BCUT2D eigenvalue weighted by atomic mass is 9.82. The van der Waals surface area contributed by atoms with Crippen molar-refractivity contribution in [1.82, 2.24) is 14.8 Å². The number of carbonyl (C=O) groups excluding carboxylic acids is 2. The van der Waals surface area contributed by atoms with E-state index >= 15 is 0 Å². The number of halogens is 1. The molecule has 0 N–H and O–H groups in total. The van der Waals surface area contributed by atoms with Crippen molar-refractivity contribution in [3.05, 3.63) is 46.0 Å². The number of rotatable bonds is 12. The van der Waals surface area contributed by atoms with E-state index in [1.807, 2.05) is 45.9 Å². The number of hydrogen-bond donors (Lipinski definition) is 0. The molecule has 168 valence electrons. The highest BCUT2D eigenvalue weighted by atomic mass is 35.5. The van der Waals surface area contributed by atoms with E-state index in [1.165, 1.54) is 0 Å². The van der Waals surface area contributed by atoms with E-state index in [4.69, 9.17) is 11.6 Å². The van der Waals surface area contributed by atoms with Gasteiger partial charge in [-0.25, -0.2) is 0 Å². The van der Waals surface area contributed by atoms with Crippen molar-refractivity contribution in [3.63, 3.8) is 0 Å². The van der Waals surface area contributed by atoms with Crippen LogP contribution in [0.15, 0.2) is 18.2 Å². The minimum atomic E-state index is -0.285. The molecule has 0 bridgehead atoms. The summed E-state index contributed by atoms with van der Waals surface area (Å²) in [4.78, 5) is 24.7. The summed E-state index contributed by atoms with van der Waals surface area (Å²) in [5.74, 6) is 2.41. The average molecular weight is 444 g/mol. The molecule has 31 heavy (non-hydrogen) atoms. The maximum Gasteiger partial charge on any atom is 0.138 e. The van der Waals surface area contributed by atoms with Gasteiger partial charge in [0.05, 0.1) is 0 Å². The molecule has 1 heterocycles. The molecule has 0 spiro atoms. The van der Waals surface area contributed by atoms with Crippen molar-refractivity contribution in [1.29, 1.82) is 0 Å². The molecular formula is C25H34ClN3O2. The number of ketones is 2. The second kappa shape index (κ2) is 10.1. The Hall–Kier alpha value is -2.01. The first-order valence-electron chi connectivity index (χ1n) is 11.4. The van der Waals surface area contributed by atoms with Crippen LogP contribution in [0.2, 0.25) is 5.02 Å². The number of carbonyl (C=O) groups is 2. The molecule has 0 amide bonds. The van der Waals surface area contributed by atoms with Gasteiger partial charge in [0.2, 0.25) is 0 Å². The number of benzene rings is 1. The Morgan fingerprint density at radius 1 is 1.16 bits per heavy atom. The van der Waals surface area contributed by atoms with Crippen molar-refractivity contribution in [3.8, 4) is 0 Å². The lowest BCUT2D eigenvalue weighted by Crippen LogP contribution is -2.23. The van der Waals surface area contributed by atoms with Crippen LogP contribution in [0, 0.1) is 12.3 Å². The summed E-state index contributed by atoms with van der Waals surface area (Å²) in [6, 6.07) is 6.18. The molecule has 0 aliphatic heterocycles. The number of Topliss-reactive ketones (excluding diaryl/α,β-unsaturated/α-hetero) is 2. The predicted octanol–water partition coefficient (Wildman–Crippen LogP) is 5.65. The molecule has 3 rings (SSSR count). The van der Waals surface area contributed by atoms with Crippen LogP contribution >= 0.6 is 11.6 Å². The maximum atomic E-state index is 12.6. The Morgan fingerprint density at radius 3 is 2.48 bits per heavy atom. The van der Waals surface area contributed by atoms with Gasteiger partial charge in [-0.15, -0.1) is 10.2 Å². The van der Waals surface area contributed by atoms with E-state index in [2.05, 4.69) is 14.8 Å². The summed E-state index contributed by atoms with van der Waals surface area (Å²) < 4.78 is 2.26. The summed E-state index contributed by atoms with van der Waals surface area (Å²) in [5, 5.41) is 9.58. The van der Waals surface area contributed by atoms with E-state index in [0.717, 1.165) is 54.9 Å². The molecule has 6 heteroatoms. The molecule has 0 atom stereocenters. The molecule has 0 saturated heterocycles. The molecule has 1 aromatic heterocycles. The Labute approximate surface area is 190 Å². The minimum Gasteiger partial charge on any atom is -0.312 e. The first-order valence-corrected chi connectivity index (χ1v) is 11.8. The monoisotopic (exact) mass is 443 g/mol. The average Bonchev–Trinajstić information content (AvgIpc) is 3.49. The van der Waals surface area contributed by atoms with E-state index in [0.29, 0.717) is 42.5 Å². The SMILES string of the molecule is CCC(=O)C(C)(C)CCCc1nnc(CCC(=O)Cc2cccc(Cl)c2C)n1C1CC1. The first kappa shape index (κ1) is 23.6. The Morgan fingerprint density at radius 2 is 1.84 bits per heavy atom. The topological polar surface area (TPSA) is 64.8 Å². The van der Waals surface area contributed by atoms with E-state index in [-0.39, 0.29) is 11.2 Å². The number of aryl methyl sites for hydroxylation is 2. The molecular weight excluding hydrogens is 410 g/mol. The van der Waals surface area contributed by atoms with Crippen molar-refractivity contribution in [2.75, 3.05) is 0 Å². The number of hydrogen-bond acceptors (Lipinski definition) is 4. The van der Waals surface area contributed by atoms with Crippen LogP contribution in [0.4, 0.5) is 0 Å². The maximum absolute atomic E-state index is 12.6. The van der Waals surface area contributed by atoms with Crippen LogP contribution in [-0.2, 0) is 28.9 Å². The summed E-state index contributed by atoms with van der Waals surface area (Å²) >= 11 is 6.18. The van der Waals surface area contributed by atoms with Gasteiger partial charge < -0.3 is 4.57 Å². The quantitative estimate of drug-likeness (QED) is 0.425. The summed E-state index contributed by atoms with van der Waals surface area (Å²) in [6.45, 7) is 7.94.